The normalized spacial score (nSPS) is 15.9. The van der Waals surface area contributed by atoms with E-state index in [1.165, 1.54) is 13.2 Å². The molecule has 31 heavy (non-hydrogen) atoms. The van der Waals surface area contributed by atoms with Crippen molar-refractivity contribution in [1.82, 2.24) is 9.62 Å². The third-order valence-electron chi connectivity index (χ3n) is 5.10. The molecule has 1 atom stereocenters. The highest BCUT2D eigenvalue weighted by Crippen LogP contribution is 2.29. The summed E-state index contributed by atoms with van der Waals surface area (Å²) < 4.78 is 44.3. The zero-order valence-corrected chi connectivity index (χ0v) is 18.1. The van der Waals surface area contributed by atoms with Crippen molar-refractivity contribution in [2.45, 2.75) is 10.9 Å². The topological polar surface area (TPSA) is 120 Å². The summed E-state index contributed by atoms with van der Waals surface area (Å²) in [5.41, 5.74) is 0.682. The Morgan fingerprint density at radius 1 is 1.13 bits per heavy atom. The highest BCUT2D eigenvalue weighted by molar-refractivity contribution is 7.89. The molecule has 0 saturated carbocycles. The Morgan fingerprint density at radius 2 is 1.81 bits per heavy atom. The summed E-state index contributed by atoms with van der Waals surface area (Å²) in [7, 11) is -1.13. The first-order valence-corrected chi connectivity index (χ1v) is 11.1. The molecule has 0 aromatic heterocycles. The number of rotatable bonds is 9. The maximum Gasteiger partial charge on any atom is 0.273 e. The zero-order chi connectivity index (χ0) is 22.4. The lowest BCUT2D eigenvalue weighted by molar-refractivity contribution is -0.385. The summed E-state index contributed by atoms with van der Waals surface area (Å²) in [5, 5.41) is 11.0. The summed E-state index contributed by atoms with van der Waals surface area (Å²) in [6, 6.07) is 10.6. The van der Waals surface area contributed by atoms with Crippen molar-refractivity contribution < 1.29 is 27.6 Å². The van der Waals surface area contributed by atoms with Crippen molar-refractivity contribution in [3.05, 3.63) is 58.1 Å². The molecule has 1 saturated heterocycles. The molecule has 0 amide bonds. The van der Waals surface area contributed by atoms with Gasteiger partial charge in [-0.1, -0.05) is 12.1 Å². The second-order valence-corrected chi connectivity index (χ2v) is 8.62. The molecule has 0 bridgehead atoms. The van der Waals surface area contributed by atoms with Crippen molar-refractivity contribution in [3.8, 4) is 11.5 Å². The first-order chi connectivity index (χ1) is 14.9. The lowest BCUT2D eigenvalue weighted by atomic mass is 10.0. The monoisotopic (exact) mass is 451 g/mol. The minimum atomic E-state index is -3.98. The Labute approximate surface area is 180 Å². The molecule has 0 spiro atoms. The second kappa shape index (κ2) is 10.1. The van der Waals surface area contributed by atoms with Gasteiger partial charge < -0.3 is 14.2 Å². The van der Waals surface area contributed by atoms with Gasteiger partial charge in [0.15, 0.2) is 0 Å². The smallest absolute Gasteiger partial charge is 0.273 e. The van der Waals surface area contributed by atoms with Crippen LogP contribution in [0.4, 0.5) is 5.69 Å². The quantitative estimate of drug-likeness (QED) is 0.454. The summed E-state index contributed by atoms with van der Waals surface area (Å²) in [6.45, 7) is 2.57. The molecule has 1 N–H and O–H groups in total. The predicted molar refractivity (Wildman–Crippen MR) is 113 cm³/mol. The number of benzene rings is 2. The van der Waals surface area contributed by atoms with Gasteiger partial charge in [0.1, 0.15) is 16.4 Å². The van der Waals surface area contributed by atoms with Crippen LogP contribution in [0.15, 0.2) is 47.4 Å². The van der Waals surface area contributed by atoms with Crippen LogP contribution in [0.5, 0.6) is 11.5 Å². The second-order valence-electron chi connectivity index (χ2n) is 6.88. The molecule has 1 aliphatic rings. The number of nitro benzene ring substituents is 1. The SMILES string of the molecule is COc1ccc(C(CNS(=O)(=O)c2ccc([N+](=O)[O-])cc2OC)N2CCOCC2)cc1. The fourth-order valence-corrected chi connectivity index (χ4v) is 4.62. The molecule has 1 unspecified atom stereocenters. The molecule has 1 heterocycles. The molecular weight excluding hydrogens is 426 g/mol. The minimum Gasteiger partial charge on any atom is -0.497 e. The van der Waals surface area contributed by atoms with Crippen molar-refractivity contribution in [1.29, 1.82) is 0 Å². The van der Waals surface area contributed by atoms with Crippen molar-refractivity contribution in [2.24, 2.45) is 0 Å². The summed E-state index contributed by atoms with van der Waals surface area (Å²) in [6.07, 6.45) is 0. The Morgan fingerprint density at radius 3 is 2.39 bits per heavy atom. The number of nitro groups is 1. The first-order valence-electron chi connectivity index (χ1n) is 9.63. The minimum absolute atomic E-state index is 0.0888. The molecule has 168 valence electrons. The average molecular weight is 452 g/mol. The van der Waals surface area contributed by atoms with Crippen LogP contribution < -0.4 is 14.2 Å². The van der Waals surface area contributed by atoms with Gasteiger partial charge >= 0.3 is 0 Å². The largest absolute Gasteiger partial charge is 0.497 e. The van der Waals surface area contributed by atoms with Crippen LogP contribution in [0.2, 0.25) is 0 Å². The van der Waals surface area contributed by atoms with Crippen LogP contribution in [0.3, 0.4) is 0 Å². The van der Waals surface area contributed by atoms with Crippen LogP contribution in [-0.2, 0) is 14.8 Å². The van der Waals surface area contributed by atoms with Crippen LogP contribution in [0.1, 0.15) is 11.6 Å². The maximum atomic E-state index is 13.0. The lowest BCUT2D eigenvalue weighted by Crippen LogP contribution is -2.43. The van der Waals surface area contributed by atoms with E-state index in [0.29, 0.717) is 32.1 Å². The molecule has 0 radical (unpaired) electrons. The van der Waals surface area contributed by atoms with Gasteiger partial charge in [-0.2, -0.15) is 0 Å². The Hall–Kier alpha value is -2.73. The Balaban J connectivity index is 1.85. The van der Waals surface area contributed by atoms with E-state index in [1.54, 1.807) is 7.11 Å². The van der Waals surface area contributed by atoms with Gasteiger partial charge in [-0.25, -0.2) is 13.1 Å². The standard InChI is InChI=1S/C20H25N3O7S/c1-28-17-6-3-15(4-7-17)18(22-9-11-30-12-10-22)14-21-31(26,27)20-8-5-16(23(24)25)13-19(20)29-2/h3-8,13,18,21H,9-12,14H2,1-2H3. The van der Waals surface area contributed by atoms with Gasteiger partial charge in [-0.05, 0) is 23.8 Å². The number of non-ortho nitro benzene ring substituents is 1. The average Bonchev–Trinajstić information content (AvgIpc) is 2.79. The Bertz CT molecular complexity index is 1010. The fraction of sp³-hybridized carbons (Fsp3) is 0.400. The molecule has 3 rings (SSSR count). The number of ether oxygens (including phenoxy) is 3. The van der Waals surface area contributed by atoms with Gasteiger partial charge in [0.25, 0.3) is 5.69 Å². The van der Waals surface area contributed by atoms with E-state index in [9.17, 15) is 18.5 Å². The van der Waals surface area contributed by atoms with Crippen molar-refractivity contribution >= 4 is 15.7 Å². The van der Waals surface area contributed by atoms with E-state index in [4.69, 9.17) is 14.2 Å². The van der Waals surface area contributed by atoms with Gasteiger partial charge in [0, 0.05) is 31.7 Å². The number of sulfonamides is 1. The van der Waals surface area contributed by atoms with Crippen LogP contribution in [0, 0.1) is 10.1 Å². The summed E-state index contributed by atoms with van der Waals surface area (Å²) in [4.78, 5) is 12.4. The molecule has 2 aromatic carbocycles. The highest BCUT2D eigenvalue weighted by atomic mass is 32.2. The molecule has 2 aromatic rings. The van der Waals surface area contributed by atoms with Crippen molar-refractivity contribution in [3.63, 3.8) is 0 Å². The predicted octanol–water partition coefficient (Wildman–Crippen LogP) is 1.96. The molecule has 0 aliphatic carbocycles. The fourth-order valence-electron chi connectivity index (χ4n) is 3.43. The zero-order valence-electron chi connectivity index (χ0n) is 17.3. The van der Waals surface area contributed by atoms with Crippen LogP contribution >= 0.6 is 0 Å². The molecule has 1 aliphatic heterocycles. The Kier molecular flexibility index (Phi) is 7.44. The van der Waals surface area contributed by atoms with Crippen molar-refractivity contribution in [2.75, 3.05) is 47.1 Å². The van der Waals surface area contributed by atoms with E-state index >= 15 is 0 Å². The van der Waals surface area contributed by atoms with Crippen LogP contribution in [0.25, 0.3) is 0 Å². The van der Waals surface area contributed by atoms with Gasteiger partial charge in [0.2, 0.25) is 10.0 Å². The molecule has 10 nitrogen and oxygen atoms in total. The number of nitrogens with one attached hydrogen (secondary N) is 1. The van der Waals surface area contributed by atoms with Gasteiger partial charge in [-0.3, -0.25) is 15.0 Å². The van der Waals surface area contributed by atoms with E-state index in [1.807, 2.05) is 24.3 Å². The lowest BCUT2D eigenvalue weighted by Gasteiger charge is -2.35. The first kappa shape index (κ1) is 22.9. The maximum absolute atomic E-state index is 13.0. The van der Waals surface area contributed by atoms with E-state index in [-0.39, 0.29) is 28.9 Å². The molecular formula is C20H25N3O7S. The molecule has 1 fully saturated rings. The van der Waals surface area contributed by atoms with E-state index in [2.05, 4.69) is 9.62 Å². The number of hydrogen-bond acceptors (Lipinski definition) is 8. The summed E-state index contributed by atoms with van der Waals surface area (Å²) in [5.74, 6) is 0.620. The van der Waals surface area contributed by atoms with Crippen LogP contribution in [-0.4, -0.2) is 65.3 Å². The third-order valence-corrected chi connectivity index (χ3v) is 6.56. The number of nitrogens with zero attached hydrogens (tertiary/aromatic N) is 2. The van der Waals surface area contributed by atoms with Gasteiger partial charge in [0.05, 0.1) is 38.4 Å². The van der Waals surface area contributed by atoms with E-state index in [0.717, 1.165) is 17.7 Å². The number of hydrogen-bond donors (Lipinski definition) is 1. The number of morpholine rings is 1. The highest BCUT2D eigenvalue weighted by Gasteiger charge is 2.27. The van der Waals surface area contributed by atoms with Gasteiger partial charge in [-0.15, -0.1) is 0 Å². The summed E-state index contributed by atoms with van der Waals surface area (Å²) >= 11 is 0. The van der Waals surface area contributed by atoms with E-state index < -0.39 is 14.9 Å². The third kappa shape index (κ3) is 5.50. The number of methoxy groups -OCH3 is 2. The molecule has 11 heteroatoms.